The van der Waals surface area contributed by atoms with E-state index >= 15 is 0 Å². The van der Waals surface area contributed by atoms with E-state index in [1.54, 1.807) is 10.7 Å². The summed E-state index contributed by atoms with van der Waals surface area (Å²) in [5.41, 5.74) is 3.83. The van der Waals surface area contributed by atoms with Crippen LogP contribution in [0.4, 0.5) is 5.69 Å². The molecule has 1 saturated carbocycles. The minimum absolute atomic E-state index is 0.0713. The highest BCUT2D eigenvalue weighted by molar-refractivity contribution is 5.98. The van der Waals surface area contributed by atoms with Crippen LogP contribution in [0.25, 0.3) is 16.7 Å². The number of pyridine rings is 1. The topological polar surface area (TPSA) is 71.2 Å². The van der Waals surface area contributed by atoms with E-state index in [9.17, 15) is 9.90 Å². The fraction of sp³-hybridized carbons (Fsp3) is 0.381. The largest absolute Gasteiger partial charge is 0.477 e. The number of carbonyl (C=O) groups is 1. The monoisotopic (exact) mass is 362 g/mol. The van der Waals surface area contributed by atoms with Crippen LogP contribution in [0.15, 0.2) is 36.4 Å². The summed E-state index contributed by atoms with van der Waals surface area (Å²) >= 11 is 0. The van der Waals surface area contributed by atoms with Crippen molar-refractivity contribution in [3.05, 3.63) is 47.8 Å². The Kier molecular flexibility index (Phi) is 3.50. The molecule has 1 N–H and O–H groups in total. The molecule has 3 aromatic rings. The molecule has 2 aliphatic rings. The van der Waals surface area contributed by atoms with Crippen molar-refractivity contribution in [3.63, 3.8) is 0 Å². The van der Waals surface area contributed by atoms with Crippen molar-refractivity contribution in [2.45, 2.75) is 32.6 Å². The summed E-state index contributed by atoms with van der Waals surface area (Å²) in [6.45, 7) is 3.97. The normalized spacial score (nSPS) is 18.2. The Morgan fingerprint density at radius 3 is 2.52 bits per heavy atom. The predicted molar refractivity (Wildman–Crippen MR) is 104 cm³/mol. The van der Waals surface area contributed by atoms with Gasteiger partial charge in [0, 0.05) is 18.5 Å². The third-order valence-electron chi connectivity index (χ3n) is 6.07. The molecule has 5 rings (SSSR count). The van der Waals surface area contributed by atoms with Crippen LogP contribution in [-0.4, -0.2) is 38.9 Å². The molecule has 27 heavy (non-hydrogen) atoms. The number of hydrogen-bond acceptors (Lipinski definition) is 4. The zero-order valence-electron chi connectivity index (χ0n) is 15.4. The molecule has 6 nitrogen and oxygen atoms in total. The van der Waals surface area contributed by atoms with Crippen molar-refractivity contribution in [2.24, 2.45) is 5.41 Å². The van der Waals surface area contributed by atoms with Gasteiger partial charge in [0.1, 0.15) is 0 Å². The van der Waals surface area contributed by atoms with Gasteiger partial charge in [-0.15, -0.1) is 0 Å². The van der Waals surface area contributed by atoms with Crippen LogP contribution in [0.1, 0.15) is 41.9 Å². The molecule has 3 heterocycles. The van der Waals surface area contributed by atoms with E-state index in [4.69, 9.17) is 0 Å². The first-order chi connectivity index (χ1) is 13.1. The van der Waals surface area contributed by atoms with Crippen molar-refractivity contribution in [1.29, 1.82) is 0 Å². The molecule has 138 valence electrons. The molecule has 0 bridgehead atoms. The molecule has 1 spiro atoms. The third kappa shape index (κ3) is 2.51. The van der Waals surface area contributed by atoms with Gasteiger partial charge in [-0.1, -0.05) is 31.0 Å². The minimum Gasteiger partial charge on any atom is -0.477 e. The van der Waals surface area contributed by atoms with Crippen molar-refractivity contribution in [3.8, 4) is 5.69 Å². The Hall–Kier alpha value is -2.89. The molecule has 0 radical (unpaired) electrons. The Balaban J connectivity index is 1.66. The van der Waals surface area contributed by atoms with Crippen molar-refractivity contribution in [1.82, 2.24) is 14.8 Å². The van der Waals surface area contributed by atoms with Crippen LogP contribution < -0.4 is 4.90 Å². The summed E-state index contributed by atoms with van der Waals surface area (Å²) in [5.74, 6) is -1.01. The van der Waals surface area contributed by atoms with Gasteiger partial charge in [-0.25, -0.2) is 14.5 Å². The SMILES string of the molecule is Cc1nn(-c2ccccc2)c2nc(C(=O)O)cc(N3CC4(CCCC4)C3)c12. The smallest absolute Gasteiger partial charge is 0.354 e. The number of rotatable bonds is 3. The average Bonchev–Trinajstić information content (AvgIpc) is 3.26. The number of aromatic carboxylic acids is 1. The van der Waals surface area contributed by atoms with Crippen LogP contribution in [0.3, 0.4) is 0 Å². The van der Waals surface area contributed by atoms with Crippen molar-refractivity contribution in [2.75, 3.05) is 18.0 Å². The second kappa shape index (κ2) is 5.81. The van der Waals surface area contributed by atoms with Gasteiger partial charge < -0.3 is 10.0 Å². The third-order valence-corrected chi connectivity index (χ3v) is 6.07. The number of nitrogens with zero attached hydrogens (tertiary/aromatic N) is 4. The molecular formula is C21H22N4O2. The molecule has 2 fully saturated rings. The number of aryl methyl sites for hydroxylation is 1. The molecule has 1 saturated heterocycles. The van der Waals surface area contributed by atoms with E-state index in [2.05, 4.69) is 15.0 Å². The number of carboxylic acids is 1. The first-order valence-corrected chi connectivity index (χ1v) is 9.50. The Labute approximate surface area is 157 Å². The fourth-order valence-corrected chi connectivity index (χ4v) is 4.75. The summed E-state index contributed by atoms with van der Waals surface area (Å²) in [6.07, 6.45) is 5.19. The van der Waals surface area contributed by atoms with E-state index in [0.29, 0.717) is 11.1 Å². The summed E-state index contributed by atoms with van der Waals surface area (Å²) in [4.78, 5) is 18.5. The van der Waals surface area contributed by atoms with E-state index < -0.39 is 5.97 Å². The molecule has 2 aromatic heterocycles. The van der Waals surface area contributed by atoms with Crippen LogP contribution in [0, 0.1) is 12.3 Å². The maximum Gasteiger partial charge on any atom is 0.354 e. The zero-order valence-corrected chi connectivity index (χ0v) is 15.4. The van der Waals surface area contributed by atoms with Crippen LogP contribution in [-0.2, 0) is 0 Å². The Morgan fingerprint density at radius 2 is 1.85 bits per heavy atom. The summed E-state index contributed by atoms with van der Waals surface area (Å²) in [7, 11) is 0. The first-order valence-electron chi connectivity index (χ1n) is 9.50. The van der Waals surface area contributed by atoms with Gasteiger partial charge in [0.05, 0.1) is 22.5 Å². The van der Waals surface area contributed by atoms with Gasteiger partial charge >= 0.3 is 5.97 Å². The molecular weight excluding hydrogens is 340 g/mol. The minimum atomic E-state index is -1.01. The van der Waals surface area contributed by atoms with Crippen molar-refractivity contribution < 1.29 is 9.90 Å². The van der Waals surface area contributed by atoms with Gasteiger partial charge in [0.2, 0.25) is 0 Å². The molecule has 0 atom stereocenters. The number of aromatic nitrogens is 3. The van der Waals surface area contributed by atoms with E-state index in [1.807, 2.05) is 37.3 Å². The lowest BCUT2D eigenvalue weighted by molar-refractivity contribution is 0.0691. The Morgan fingerprint density at radius 1 is 1.15 bits per heavy atom. The number of hydrogen-bond donors (Lipinski definition) is 1. The number of benzene rings is 1. The summed E-state index contributed by atoms with van der Waals surface area (Å²) < 4.78 is 1.76. The first kappa shape index (κ1) is 16.3. The fourth-order valence-electron chi connectivity index (χ4n) is 4.75. The predicted octanol–water partition coefficient (Wildman–Crippen LogP) is 3.81. The van der Waals surface area contributed by atoms with Gasteiger partial charge in [-0.2, -0.15) is 5.10 Å². The van der Waals surface area contributed by atoms with E-state index in [-0.39, 0.29) is 5.69 Å². The van der Waals surface area contributed by atoms with Gasteiger partial charge in [0.15, 0.2) is 11.3 Å². The van der Waals surface area contributed by atoms with E-state index in [0.717, 1.165) is 35.5 Å². The lowest BCUT2D eigenvalue weighted by atomic mass is 9.78. The lowest BCUT2D eigenvalue weighted by Crippen LogP contribution is -2.55. The lowest BCUT2D eigenvalue weighted by Gasteiger charge is -2.50. The average molecular weight is 362 g/mol. The molecule has 0 unspecified atom stereocenters. The number of fused-ring (bicyclic) bond motifs is 1. The quantitative estimate of drug-likeness (QED) is 0.767. The highest BCUT2D eigenvalue weighted by Gasteiger charge is 2.45. The van der Waals surface area contributed by atoms with Gasteiger partial charge in [-0.3, -0.25) is 0 Å². The van der Waals surface area contributed by atoms with Gasteiger partial charge in [-0.05, 0) is 38.0 Å². The maximum absolute atomic E-state index is 11.7. The Bertz CT molecular complexity index is 1030. The molecule has 1 aromatic carbocycles. The van der Waals surface area contributed by atoms with Crippen molar-refractivity contribution >= 4 is 22.7 Å². The van der Waals surface area contributed by atoms with E-state index in [1.165, 1.54) is 25.7 Å². The second-order valence-electron chi connectivity index (χ2n) is 7.93. The zero-order chi connectivity index (χ0) is 18.6. The summed E-state index contributed by atoms with van der Waals surface area (Å²) in [6, 6.07) is 11.5. The molecule has 0 amide bonds. The number of para-hydroxylation sites is 1. The van der Waals surface area contributed by atoms with Crippen LogP contribution in [0.2, 0.25) is 0 Å². The van der Waals surface area contributed by atoms with Crippen LogP contribution in [0.5, 0.6) is 0 Å². The second-order valence-corrected chi connectivity index (χ2v) is 7.93. The number of anilines is 1. The number of carboxylic acid groups (broad SMARTS) is 1. The summed E-state index contributed by atoms with van der Waals surface area (Å²) in [5, 5.41) is 15.2. The highest BCUT2D eigenvalue weighted by atomic mass is 16.4. The standard InChI is InChI=1S/C21H22N4O2/c1-14-18-17(24-12-21(13-24)9-5-6-10-21)11-16(20(26)27)22-19(18)25(23-14)15-7-3-2-4-8-15/h2-4,7-8,11H,5-6,9-10,12-13H2,1H3,(H,26,27). The maximum atomic E-state index is 11.7. The molecule has 6 heteroatoms. The van der Waals surface area contributed by atoms with Crippen LogP contribution >= 0.6 is 0 Å². The molecule has 1 aliphatic heterocycles. The highest BCUT2D eigenvalue weighted by Crippen LogP contribution is 2.48. The molecule has 1 aliphatic carbocycles. The van der Waals surface area contributed by atoms with Gasteiger partial charge in [0.25, 0.3) is 0 Å².